The fraction of sp³-hybridized carbons (Fsp3) is 0.350. The number of hydrogen-bond donors (Lipinski definition) is 1. The van der Waals surface area contributed by atoms with E-state index in [1.165, 1.54) is 0 Å². The number of methoxy groups -OCH3 is 1. The number of likely N-dealkylation sites (N-methyl/N-ethyl adjacent to an activating group) is 1. The molecule has 5 nitrogen and oxygen atoms in total. The van der Waals surface area contributed by atoms with Gasteiger partial charge in [-0.2, -0.15) is 0 Å². The summed E-state index contributed by atoms with van der Waals surface area (Å²) in [7, 11) is 3.65. The van der Waals surface area contributed by atoms with Gasteiger partial charge in [-0.3, -0.25) is 4.79 Å². The lowest BCUT2D eigenvalue weighted by atomic mass is 9.95. The van der Waals surface area contributed by atoms with Gasteiger partial charge >= 0.3 is 0 Å². The fourth-order valence-corrected chi connectivity index (χ4v) is 3.03. The van der Waals surface area contributed by atoms with E-state index in [0.717, 1.165) is 29.3 Å². The quantitative estimate of drug-likeness (QED) is 0.878. The van der Waals surface area contributed by atoms with E-state index in [-0.39, 0.29) is 11.8 Å². The van der Waals surface area contributed by atoms with Crippen molar-refractivity contribution in [3.8, 4) is 11.5 Å². The number of carbonyl (C=O) groups is 1. The Hall–Kier alpha value is -2.69. The second kappa shape index (κ2) is 7.92. The Balaban J connectivity index is 1.51. The lowest BCUT2D eigenvalue weighted by Crippen LogP contribution is -2.40. The standard InChI is InChI=1S/C20H24N2O3/c1-22(17-8-4-3-5-9-17)12-11-21-20(23)16-13-15-7-6-10-18(24-2)19(15)25-14-16/h3-10,16H,11-14H2,1-2H3,(H,21,23)/t16-/m1/s1. The number of anilines is 1. The highest BCUT2D eigenvalue weighted by Crippen LogP contribution is 2.35. The van der Waals surface area contributed by atoms with Crippen LogP contribution in [0.15, 0.2) is 48.5 Å². The van der Waals surface area contributed by atoms with Crippen LogP contribution in [0.25, 0.3) is 0 Å². The summed E-state index contributed by atoms with van der Waals surface area (Å²) in [5.74, 6) is 1.36. The Morgan fingerprint density at radius 2 is 2.04 bits per heavy atom. The Kier molecular flexibility index (Phi) is 5.43. The van der Waals surface area contributed by atoms with Crippen molar-refractivity contribution in [2.24, 2.45) is 5.92 Å². The van der Waals surface area contributed by atoms with Crippen LogP contribution in [0, 0.1) is 5.92 Å². The molecule has 132 valence electrons. The smallest absolute Gasteiger partial charge is 0.226 e. The molecular weight excluding hydrogens is 316 g/mol. The van der Waals surface area contributed by atoms with Crippen molar-refractivity contribution >= 4 is 11.6 Å². The zero-order chi connectivity index (χ0) is 17.6. The lowest BCUT2D eigenvalue weighted by molar-refractivity contribution is -0.126. The van der Waals surface area contributed by atoms with Crippen molar-refractivity contribution in [3.63, 3.8) is 0 Å². The molecule has 0 saturated heterocycles. The normalized spacial score (nSPS) is 15.7. The van der Waals surface area contributed by atoms with Gasteiger partial charge in [-0.15, -0.1) is 0 Å². The number of nitrogens with one attached hydrogen (secondary N) is 1. The number of rotatable bonds is 6. The summed E-state index contributed by atoms with van der Waals surface area (Å²) in [6, 6.07) is 15.9. The van der Waals surface area contributed by atoms with E-state index < -0.39 is 0 Å². The second-order valence-corrected chi connectivity index (χ2v) is 6.21. The van der Waals surface area contributed by atoms with Crippen molar-refractivity contribution in [2.75, 3.05) is 38.8 Å². The third-order valence-electron chi connectivity index (χ3n) is 4.49. The minimum Gasteiger partial charge on any atom is -0.493 e. The first kappa shape index (κ1) is 17.1. The first-order valence-corrected chi connectivity index (χ1v) is 8.51. The number of amides is 1. The van der Waals surface area contributed by atoms with Crippen molar-refractivity contribution < 1.29 is 14.3 Å². The molecule has 0 unspecified atom stereocenters. The zero-order valence-corrected chi connectivity index (χ0v) is 14.7. The molecular formula is C20H24N2O3. The second-order valence-electron chi connectivity index (χ2n) is 6.21. The van der Waals surface area contributed by atoms with E-state index >= 15 is 0 Å². The maximum atomic E-state index is 12.4. The topological polar surface area (TPSA) is 50.8 Å². The van der Waals surface area contributed by atoms with Crippen molar-refractivity contribution in [1.82, 2.24) is 5.32 Å². The summed E-state index contributed by atoms with van der Waals surface area (Å²) in [5, 5.41) is 3.02. The van der Waals surface area contributed by atoms with Crippen LogP contribution in [0.3, 0.4) is 0 Å². The van der Waals surface area contributed by atoms with Gasteiger partial charge in [0.25, 0.3) is 0 Å². The van der Waals surface area contributed by atoms with E-state index in [4.69, 9.17) is 9.47 Å². The summed E-state index contributed by atoms with van der Waals surface area (Å²) < 4.78 is 11.1. The molecule has 0 fully saturated rings. The van der Waals surface area contributed by atoms with E-state index in [2.05, 4.69) is 22.3 Å². The minimum atomic E-state index is -0.165. The summed E-state index contributed by atoms with van der Waals surface area (Å²) in [6.45, 7) is 1.74. The molecule has 1 aliphatic heterocycles. The Bertz CT molecular complexity index is 718. The first-order valence-electron chi connectivity index (χ1n) is 8.51. The van der Waals surface area contributed by atoms with E-state index in [9.17, 15) is 4.79 Å². The van der Waals surface area contributed by atoms with E-state index in [0.29, 0.717) is 19.6 Å². The molecule has 0 bridgehead atoms. The first-order chi connectivity index (χ1) is 12.2. The highest BCUT2D eigenvalue weighted by Gasteiger charge is 2.27. The molecule has 0 aliphatic carbocycles. The Morgan fingerprint density at radius 3 is 2.80 bits per heavy atom. The predicted molar refractivity (Wildman–Crippen MR) is 98.4 cm³/mol. The van der Waals surface area contributed by atoms with Gasteiger partial charge < -0.3 is 19.7 Å². The third-order valence-corrected chi connectivity index (χ3v) is 4.49. The average Bonchev–Trinajstić information content (AvgIpc) is 2.67. The van der Waals surface area contributed by atoms with Crippen LogP contribution in [0.4, 0.5) is 5.69 Å². The van der Waals surface area contributed by atoms with Gasteiger partial charge in [-0.25, -0.2) is 0 Å². The lowest BCUT2D eigenvalue weighted by Gasteiger charge is -2.26. The maximum Gasteiger partial charge on any atom is 0.226 e. The number of para-hydroxylation sites is 2. The molecule has 1 heterocycles. The van der Waals surface area contributed by atoms with Crippen molar-refractivity contribution in [1.29, 1.82) is 0 Å². The summed E-state index contributed by atoms with van der Waals surface area (Å²) >= 11 is 0. The van der Waals surface area contributed by atoms with E-state index in [1.54, 1.807) is 7.11 Å². The van der Waals surface area contributed by atoms with Gasteiger partial charge in [-0.05, 0) is 30.2 Å². The van der Waals surface area contributed by atoms with Gasteiger partial charge in [0, 0.05) is 25.8 Å². The van der Waals surface area contributed by atoms with Crippen molar-refractivity contribution in [2.45, 2.75) is 6.42 Å². The molecule has 0 aromatic heterocycles. The molecule has 1 amide bonds. The van der Waals surface area contributed by atoms with Crippen LogP contribution in [0.5, 0.6) is 11.5 Å². The van der Waals surface area contributed by atoms with Crippen LogP contribution < -0.4 is 19.7 Å². The number of carbonyl (C=O) groups excluding carboxylic acids is 1. The number of fused-ring (bicyclic) bond motifs is 1. The fourth-order valence-electron chi connectivity index (χ4n) is 3.03. The van der Waals surface area contributed by atoms with Gasteiger partial charge in [0.05, 0.1) is 13.0 Å². The summed E-state index contributed by atoms with van der Waals surface area (Å²) in [6.07, 6.45) is 0.674. The van der Waals surface area contributed by atoms with E-state index in [1.807, 2.05) is 43.4 Å². The Morgan fingerprint density at radius 1 is 1.24 bits per heavy atom. The predicted octanol–water partition coefficient (Wildman–Crippen LogP) is 2.50. The maximum absolute atomic E-state index is 12.4. The number of benzene rings is 2. The molecule has 2 aromatic carbocycles. The molecule has 0 radical (unpaired) electrons. The molecule has 3 rings (SSSR count). The van der Waals surface area contributed by atoms with Gasteiger partial charge in [0.2, 0.25) is 5.91 Å². The minimum absolute atomic E-state index is 0.0370. The molecule has 5 heteroatoms. The molecule has 1 atom stereocenters. The van der Waals surface area contributed by atoms with Crippen LogP contribution in [-0.4, -0.2) is 39.8 Å². The average molecular weight is 340 g/mol. The van der Waals surface area contributed by atoms with Crippen LogP contribution in [0.2, 0.25) is 0 Å². The third kappa shape index (κ3) is 4.05. The highest BCUT2D eigenvalue weighted by atomic mass is 16.5. The SMILES string of the molecule is COc1cccc2c1OC[C@H](C(=O)NCCN(C)c1ccccc1)C2. The number of ether oxygens (including phenoxy) is 2. The largest absolute Gasteiger partial charge is 0.493 e. The van der Waals surface area contributed by atoms with Gasteiger partial charge in [-0.1, -0.05) is 30.3 Å². The van der Waals surface area contributed by atoms with Gasteiger partial charge in [0.1, 0.15) is 6.61 Å². The molecule has 0 spiro atoms. The number of nitrogens with zero attached hydrogens (tertiary/aromatic N) is 1. The van der Waals surface area contributed by atoms with Crippen LogP contribution in [-0.2, 0) is 11.2 Å². The zero-order valence-electron chi connectivity index (χ0n) is 14.7. The molecule has 25 heavy (non-hydrogen) atoms. The van der Waals surface area contributed by atoms with Crippen LogP contribution in [0.1, 0.15) is 5.56 Å². The summed E-state index contributed by atoms with van der Waals surface area (Å²) in [5.41, 5.74) is 2.16. The monoisotopic (exact) mass is 340 g/mol. The molecule has 1 N–H and O–H groups in total. The van der Waals surface area contributed by atoms with Crippen molar-refractivity contribution in [3.05, 3.63) is 54.1 Å². The highest BCUT2D eigenvalue weighted by molar-refractivity contribution is 5.79. The molecule has 1 aliphatic rings. The van der Waals surface area contributed by atoms with Gasteiger partial charge in [0.15, 0.2) is 11.5 Å². The number of hydrogen-bond acceptors (Lipinski definition) is 4. The molecule has 2 aromatic rings. The molecule has 0 saturated carbocycles. The Labute approximate surface area is 148 Å². The summed E-state index contributed by atoms with van der Waals surface area (Å²) in [4.78, 5) is 14.6. The van der Waals surface area contributed by atoms with Crippen LogP contribution >= 0.6 is 0 Å².